The van der Waals surface area contributed by atoms with Crippen LogP contribution in [0.5, 0.6) is 5.75 Å². The minimum absolute atomic E-state index is 0.0251. The third-order valence-corrected chi connectivity index (χ3v) is 4.24. The van der Waals surface area contributed by atoms with Crippen LogP contribution in [0.3, 0.4) is 0 Å². The molecule has 112 valence electrons. The third-order valence-electron chi connectivity index (χ3n) is 4.24. The lowest BCUT2D eigenvalue weighted by atomic mass is 9.88. The van der Waals surface area contributed by atoms with E-state index in [0.29, 0.717) is 19.1 Å². The fourth-order valence-electron chi connectivity index (χ4n) is 3.21. The van der Waals surface area contributed by atoms with E-state index in [1.54, 1.807) is 12.1 Å². The summed E-state index contributed by atoms with van der Waals surface area (Å²) in [5, 5.41) is 19.1. The van der Waals surface area contributed by atoms with Crippen LogP contribution in [0, 0.1) is 0 Å². The number of carbonyl (C=O) groups is 2. The first-order chi connectivity index (χ1) is 10.6. The van der Waals surface area contributed by atoms with E-state index in [4.69, 9.17) is 0 Å². The Hall–Kier alpha value is -2.62. The molecule has 0 saturated carbocycles. The van der Waals surface area contributed by atoms with Crippen LogP contribution in [-0.4, -0.2) is 22.5 Å². The van der Waals surface area contributed by atoms with Gasteiger partial charge in [0.15, 0.2) is 6.29 Å². The molecule has 1 aliphatic carbocycles. The summed E-state index contributed by atoms with van der Waals surface area (Å²) in [4.78, 5) is 22.2. The molecular weight excluding hydrogens is 280 g/mol. The lowest BCUT2D eigenvalue weighted by Gasteiger charge is -2.16. The first kappa shape index (κ1) is 14.3. The van der Waals surface area contributed by atoms with Gasteiger partial charge in [0.05, 0.1) is 12.0 Å². The van der Waals surface area contributed by atoms with Crippen LogP contribution in [0.4, 0.5) is 0 Å². The minimum Gasteiger partial charge on any atom is -0.507 e. The van der Waals surface area contributed by atoms with Crippen LogP contribution >= 0.6 is 0 Å². The van der Waals surface area contributed by atoms with E-state index < -0.39 is 5.97 Å². The van der Waals surface area contributed by atoms with Gasteiger partial charge in [0.2, 0.25) is 0 Å². The molecule has 22 heavy (non-hydrogen) atoms. The van der Waals surface area contributed by atoms with Crippen LogP contribution in [-0.2, 0) is 17.6 Å². The van der Waals surface area contributed by atoms with Crippen LogP contribution in [0.1, 0.15) is 45.0 Å². The van der Waals surface area contributed by atoms with Crippen molar-refractivity contribution in [2.75, 3.05) is 0 Å². The lowest BCUT2D eigenvalue weighted by Crippen LogP contribution is -2.09. The zero-order chi connectivity index (χ0) is 15.7. The number of carboxylic acids is 1. The largest absolute Gasteiger partial charge is 0.507 e. The maximum Gasteiger partial charge on any atom is 0.303 e. The normalized spacial score (nSPS) is 16.3. The van der Waals surface area contributed by atoms with Gasteiger partial charge in [0, 0.05) is 0 Å². The molecule has 2 N–H and O–H groups in total. The van der Waals surface area contributed by atoms with Gasteiger partial charge in [0.1, 0.15) is 5.75 Å². The number of aromatic hydroxyl groups is 1. The SMILES string of the molecule is O=Cc1cc2c(cc1O)Cc1ccccc1[C@@H](CC(=O)O)C2. The van der Waals surface area contributed by atoms with E-state index in [0.717, 1.165) is 22.3 Å². The topological polar surface area (TPSA) is 74.6 Å². The third kappa shape index (κ3) is 2.60. The molecule has 3 rings (SSSR count). The summed E-state index contributed by atoms with van der Waals surface area (Å²) in [7, 11) is 0. The number of aldehydes is 1. The number of carboxylic acid groups (broad SMARTS) is 1. The molecule has 1 atom stereocenters. The molecule has 2 aromatic rings. The summed E-state index contributed by atoms with van der Waals surface area (Å²) < 4.78 is 0. The number of phenolic OH excluding ortho intramolecular Hbond substituents is 1. The van der Waals surface area contributed by atoms with Crippen LogP contribution in [0.15, 0.2) is 36.4 Å². The molecule has 0 saturated heterocycles. The summed E-state index contributed by atoms with van der Waals surface area (Å²) in [6, 6.07) is 11.1. The molecule has 0 radical (unpaired) electrons. The van der Waals surface area contributed by atoms with Crippen molar-refractivity contribution in [1.82, 2.24) is 0 Å². The Morgan fingerprint density at radius 2 is 1.95 bits per heavy atom. The van der Waals surface area contributed by atoms with Gasteiger partial charge in [-0.1, -0.05) is 24.3 Å². The molecule has 0 spiro atoms. The molecule has 0 aromatic heterocycles. The summed E-state index contributed by atoms with van der Waals surface area (Å²) >= 11 is 0. The van der Waals surface area contributed by atoms with Crippen LogP contribution in [0.25, 0.3) is 0 Å². The van der Waals surface area contributed by atoms with E-state index in [-0.39, 0.29) is 23.7 Å². The predicted molar refractivity (Wildman–Crippen MR) is 81.4 cm³/mol. The molecule has 4 nitrogen and oxygen atoms in total. The number of hydrogen-bond acceptors (Lipinski definition) is 3. The van der Waals surface area contributed by atoms with Crippen molar-refractivity contribution < 1.29 is 19.8 Å². The van der Waals surface area contributed by atoms with E-state index in [9.17, 15) is 19.8 Å². The Morgan fingerprint density at radius 1 is 1.18 bits per heavy atom. The smallest absolute Gasteiger partial charge is 0.303 e. The molecule has 0 bridgehead atoms. The van der Waals surface area contributed by atoms with E-state index >= 15 is 0 Å². The van der Waals surface area contributed by atoms with Gasteiger partial charge in [-0.3, -0.25) is 9.59 Å². The second-order valence-electron chi connectivity index (χ2n) is 5.67. The van der Waals surface area contributed by atoms with Crippen molar-refractivity contribution in [2.24, 2.45) is 0 Å². The number of hydrogen-bond donors (Lipinski definition) is 2. The standard InChI is InChI=1S/C18H16O4/c19-10-15-7-12-6-14(9-18(21)22)16-4-2-1-3-11(16)5-13(12)8-17(15)20/h1-4,7-8,10,14,20H,5-6,9H2,(H,21,22)/t14-/m1/s1. The zero-order valence-corrected chi connectivity index (χ0v) is 12.0. The highest BCUT2D eigenvalue weighted by Crippen LogP contribution is 2.36. The first-order valence-electron chi connectivity index (χ1n) is 7.18. The van der Waals surface area contributed by atoms with Crippen molar-refractivity contribution in [2.45, 2.75) is 25.2 Å². The van der Waals surface area contributed by atoms with Crippen molar-refractivity contribution >= 4 is 12.3 Å². The Labute approximate surface area is 128 Å². The molecule has 4 heteroatoms. The van der Waals surface area contributed by atoms with Crippen molar-refractivity contribution in [3.05, 3.63) is 64.2 Å². The maximum atomic E-state index is 11.2. The Morgan fingerprint density at radius 3 is 2.68 bits per heavy atom. The average Bonchev–Trinajstić information content (AvgIpc) is 2.62. The Kier molecular flexibility index (Phi) is 3.67. The van der Waals surface area contributed by atoms with Gasteiger partial charge < -0.3 is 10.2 Å². The quantitative estimate of drug-likeness (QED) is 0.854. The number of fused-ring (bicyclic) bond motifs is 2. The number of aliphatic carboxylic acids is 1. The van der Waals surface area contributed by atoms with E-state index in [1.165, 1.54) is 0 Å². The maximum absolute atomic E-state index is 11.2. The summed E-state index contributed by atoms with van der Waals surface area (Å²) in [6.45, 7) is 0. The number of rotatable bonds is 3. The highest BCUT2D eigenvalue weighted by Gasteiger charge is 2.24. The second-order valence-corrected chi connectivity index (χ2v) is 5.67. The highest BCUT2D eigenvalue weighted by atomic mass is 16.4. The van der Waals surface area contributed by atoms with Gasteiger partial charge in [-0.2, -0.15) is 0 Å². The Balaban J connectivity index is 2.12. The lowest BCUT2D eigenvalue weighted by molar-refractivity contribution is -0.137. The zero-order valence-electron chi connectivity index (χ0n) is 12.0. The van der Waals surface area contributed by atoms with Gasteiger partial charge in [-0.15, -0.1) is 0 Å². The first-order valence-corrected chi connectivity index (χ1v) is 7.18. The van der Waals surface area contributed by atoms with Crippen molar-refractivity contribution in [1.29, 1.82) is 0 Å². The second kappa shape index (κ2) is 5.64. The molecule has 0 fully saturated rings. The van der Waals surface area contributed by atoms with Crippen LogP contribution in [0.2, 0.25) is 0 Å². The van der Waals surface area contributed by atoms with Gasteiger partial charge in [-0.25, -0.2) is 0 Å². The van der Waals surface area contributed by atoms with E-state index in [1.807, 2.05) is 24.3 Å². The predicted octanol–water partition coefficient (Wildman–Crippen LogP) is 2.91. The summed E-state index contributed by atoms with van der Waals surface area (Å²) in [5.41, 5.74) is 4.24. The van der Waals surface area contributed by atoms with Crippen LogP contribution < -0.4 is 0 Å². The molecule has 2 aromatic carbocycles. The minimum atomic E-state index is -0.836. The van der Waals surface area contributed by atoms with Crippen molar-refractivity contribution in [3.63, 3.8) is 0 Å². The summed E-state index contributed by atoms with van der Waals surface area (Å²) in [6.07, 6.45) is 1.86. The molecule has 0 aliphatic heterocycles. The Bertz CT molecular complexity index is 749. The highest BCUT2D eigenvalue weighted by molar-refractivity contribution is 5.80. The van der Waals surface area contributed by atoms with Gasteiger partial charge in [-0.05, 0) is 53.1 Å². The van der Waals surface area contributed by atoms with Crippen molar-refractivity contribution in [3.8, 4) is 5.75 Å². The number of phenols is 1. The van der Waals surface area contributed by atoms with Gasteiger partial charge in [0.25, 0.3) is 0 Å². The monoisotopic (exact) mass is 296 g/mol. The fourth-order valence-corrected chi connectivity index (χ4v) is 3.21. The molecule has 0 amide bonds. The average molecular weight is 296 g/mol. The van der Waals surface area contributed by atoms with Gasteiger partial charge >= 0.3 is 5.97 Å². The number of carbonyl (C=O) groups excluding carboxylic acids is 1. The molecule has 0 heterocycles. The van der Waals surface area contributed by atoms with E-state index in [2.05, 4.69) is 0 Å². The fraction of sp³-hybridized carbons (Fsp3) is 0.222. The summed E-state index contributed by atoms with van der Waals surface area (Å²) in [5.74, 6) is -0.987. The number of benzene rings is 2. The molecule has 1 aliphatic rings. The molecule has 0 unspecified atom stereocenters. The molecular formula is C18H16O4.